The summed E-state index contributed by atoms with van der Waals surface area (Å²) in [6.07, 6.45) is 2.84. The lowest BCUT2D eigenvalue weighted by molar-refractivity contribution is -0.108. The van der Waals surface area contributed by atoms with Gasteiger partial charge in [0.2, 0.25) is 0 Å². The zero-order valence-electron chi connectivity index (χ0n) is 12.1. The van der Waals surface area contributed by atoms with Gasteiger partial charge in [-0.15, -0.1) is 0 Å². The Morgan fingerprint density at radius 1 is 0.750 bits per heavy atom. The molecule has 0 heterocycles. The van der Waals surface area contributed by atoms with E-state index in [-0.39, 0.29) is 0 Å². The van der Waals surface area contributed by atoms with E-state index in [0.717, 1.165) is 6.29 Å². The average molecular weight is 291 g/mol. The van der Waals surface area contributed by atoms with Gasteiger partial charge in [-0.3, -0.25) is 0 Å². The van der Waals surface area contributed by atoms with Crippen molar-refractivity contribution in [3.8, 4) is 0 Å². The van der Waals surface area contributed by atoms with Crippen molar-refractivity contribution < 1.29 is 28.6 Å². The molecule has 0 amide bonds. The maximum atomic E-state index is 10.0. The molecule has 0 bridgehead atoms. The Labute approximate surface area is 120 Å². The molecule has 0 aromatic rings. The molecule has 0 rings (SSSR count). The second kappa shape index (κ2) is 18.0. The van der Waals surface area contributed by atoms with Crippen LogP contribution >= 0.6 is 0 Å². The first-order chi connectivity index (χ1) is 9.91. The molecular weight excluding hydrogens is 266 g/mol. The van der Waals surface area contributed by atoms with E-state index in [4.69, 9.17) is 23.8 Å². The highest BCUT2D eigenvalue weighted by Crippen LogP contribution is 1.84. The molecule has 0 aromatic carbocycles. The topological polar surface area (TPSA) is 75.6 Å². The number of carbonyl (C=O) groups is 1. The number of carbonyl (C=O) groups excluding carboxylic acids is 1. The summed E-state index contributed by atoms with van der Waals surface area (Å²) in [6, 6.07) is 0. The van der Waals surface area contributed by atoms with E-state index in [1.54, 1.807) is 13.1 Å². The highest BCUT2D eigenvalue weighted by atomic mass is 16.6. The van der Waals surface area contributed by atoms with E-state index in [1.165, 1.54) is 0 Å². The molecular formula is C13H25NO6. The van der Waals surface area contributed by atoms with Crippen molar-refractivity contribution in [2.24, 2.45) is 5.16 Å². The Morgan fingerprint density at radius 2 is 1.20 bits per heavy atom. The predicted molar refractivity (Wildman–Crippen MR) is 74.1 cm³/mol. The van der Waals surface area contributed by atoms with Crippen LogP contribution in [-0.4, -0.2) is 72.0 Å². The van der Waals surface area contributed by atoms with Crippen LogP contribution in [0.25, 0.3) is 0 Å². The molecule has 0 radical (unpaired) electrons. The molecule has 0 atom stereocenters. The number of nitrogens with zero attached hydrogens (tertiary/aromatic N) is 1. The maximum Gasteiger partial charge on any atom is 0.140 e. The molecule has 0 fully saturated rings. The van der Waals surface area contributed by atoms with Gasteiger partial charge >= 0.3 is 0 Å². The van der Waals surface area contributed by atoms with Crippen molar-refractivity contribution in [1.29, 1.82) is 0 Å². The minimum Gasteiger partial charge on any atom is -0.394 e. The third-order valence-electron chi connectivity index (χ3n) is 1.99. The normalized spacial score (nSPS) is 11.1. The fourth-order valence-electron chi connectivity index (χ4n) is 1.12. The number of hydrogen-bond acceptors (Lipinski definition) is 7. The Hall–Kier alpha value is -1.02. The van der Waals surface area contributed by atoms with Crippen molar-refractivity contribution in [2.75, 3.05) is 59.5 Å². The number of ether oxygens (including phenoxy) is 4. The Kier molecular flexibility index (Phi) is 17.1. The summed E-state index contributed by atoms with van der Waals surface area (Å²) in [5, 5.41) is 3.59. The summed E-state index contributed by atoms with van der Waals surface area (Å²) < 4.78 is 21.0. The van der Waals surface area contributed by atoms with Gasteiger partial charge in [-0.1, -0.05) is 5.16 Å². The van der Waals surface area contributed by atoms with Crippen LogP contribution in [0.2, 0.25) is 0 Å². The summed E-state index contributed by atoms with van der Waals surface area (Å²) in [5.41, 5.74) is 0. The van der Waals surface area contributed by atoms with E-state index < -0.39 is 0 Å². The van der Waals surface area contributed by atoms with Gasteiger partial charge in [0, 0.05) is 12.6 Å². The first kappa shape index (κ1) is 19.0. The molecule has 0 spiro atoms. The summed E-state index contributed by atoms with van der Waals surface area (Å²) in [7, 11) is 0. The molecule has 0 N–H and O–H groups in total. The lowest BCUT2D eigenvalue weighted by Crippen LogP contribution is -2.13. The molecule has 0 saturated carbocycles. The van der Waals surface area contributed by atoms with Gasteiger partial charge in [0.15, 0.2) is 0 Å². The SMILES string of the molecule is C/C=N\OCCOCCOCCOCCOCCC=O. The number of aldehydes is 1. The first-order valence-electron chi connectivity index (χ1n) is 6.76. The van der Waals surface area contributed by atoms with Crippen LogP contribution in [-0.2, 0) is 28.6 Å². The lowest BCUT2D eigenvalue weighted by Gasteiger charge is -2.06. The van der Waals surface area contributed by atoms with Gasteiger partial charge in [0.05, 0.1) is 52.9 Å². The molecule has 7 heteroatoms. The summed E-state index contributed by atoms with van der Waals surface area (Å²) in [5.74, 6) is 0. The number of hydrogen-bond donors (Lipinski definition) is 0. The quantitative estimate of drug-likeness (QED) is 0.180. The smallest absolute Gasteiger partial charge is 0.140 e. The minimum atomic E-state index is 0.430. The van der Waals surface area contributed by atoms with Gasteiger partial charge in [-0.05, 0) is 6.92 Å². The number of rotatable bonds is 16. The van der Waals surface area contributed by atoms with Crippen LogP contribution in [0.15, 0.2) is 5.16 Å². The van der Waals surface area contributed by atoms with E-state index in [1.807, 2.05) is 0 Å². The van der Waals surface area contributed by atoms with Gasteiger partial charge in [-0.25, -0.2) is 0 Å². The summed E-state index contributed by atoms with van der Waals surface area (Å²) >= 11 is 0. The van der Waals surface area contributed by atoms with Crippen molar-refractivity contribution in [3.63, 3.8) is 0 Å². The van der Waals surface area contributed by atoms with E-state index in [9.17, 15) is 4.79 Å². The first-order valence-corrected chi connectivity index (χ1v) is 6.76. The van der Waals surface area contributed by atoms with Crippen LogP contribution < -0.4 is 0 Å². The second-order valence-corrected chi connectivity index (χ2v) is 3.60. The van der Waals surface area contributed by atoms with Gasteiger partial charge in [0.25, 0.3) is 0 Å². The van der Waals surface area contributed by atoms with E-state index in [0.29, 0.717) is 65.9 Å². The predicted octanol–water partition coefficient (Wildman–Crippen LogP) is 0.664. The third-order valence-corrected chi connectivity index (χ3v) is 1.99. The average Bonchev–Trinajstić information content (AvgIpc) is 2.47. The Morgan fingerprint density at radius 3 is 1.65 bits per heavy atom. The highest BCUT2D eigenvalue weighted by Gasteiger charge is 1.92. The molecule has 0 unspecified atom stereocenters. The maximum absolute atomic E-state index is 10.0. The molecule has 7 nitrogen and oxygen atoms in total. The molecule has 0 aromatic heterocycles. The van der Waals surface area contributed by atoms with E-state index >= 15 is 0 Å². The summed E-state index contributed by atoms with van der Waals surface area (Å²) in [6.45, 7) is 6.27. The highest BCUT2D eigenvalue weighted by molar-refractivity contribution is 5.52. The van der Waals surface area contributed by atoms with Crippen LogP contribution in [0, 0.1) is 0 Å². The zero-order chi connectivity index (χ0) is 14.7. The largest absolute Gasteiger partial charge is 0.394 e. The third kappa shape index (κ3) is 17.0. The molecule has 0 aliphatic rings. The van der Waals surface area contributed by atoms with Crippen molar-refractivity contribution >= 4 is 12.5 Å². The molecule has 20 heavy (non-hydrogen) atoms. The van der Waals surface area contributed by atoms with Gasteiger partial charge in [0.1, 0.15) is 12.9 Å². The zero-order valence-corrected chi connectivity index (χ0v) is 12.1. The molecule has 0 aliphatic carbocycles. The van der Waals surface area contributed by atoms with Crippen molar-refractivity contribution in [1.82, 2.24) is 0 Å². The van der Waals surface area contributed by atoms with Crippen molar-refractivity contribution in [3.05, 3.63) is 0 Å². The van der Waals surface area contributed by atoms with Gasteiger partial charge < -0.3 is 28.6 Å². The van der Waals surface area contributed by atoms with Crippen LogP contribution in [0.1, 0.15) is 13.3 Å². The molecule has 0 saturated heterocycles. The van der Waals surface area contributed by atoms with Crippen LogP contribution in [0.4, 0.5) is 0 Å². The number of oxime groups is 1. The van der Waals surface area contributed by atoms with Crippen LogP contribution in [0.3, 0.4) is 0 Å². The standard InChI is InChI=1S/C13H25NO6/c1-2-14-20-13-12-19-11-10-18-9-8-17-7-6-16-5-3-4-15/h2,4H,3,5-13H2,1H3/b14-2-. The monoisotopic (exact) mass is 291 g/mol. The molecule has 0 aliphatic heterocycles. The van der Waals surface area contributed by atoms with Gasteiger partial charge in [-0.2, -0.15) is 0 Å². The fourth-order valence-corrected chi connectivity index (χ4v) is 1.12. The van der Waals surface area contributed by atoms with Crippen molar-refractivity contribution in [2.45, 2.75) is 13.3 Å². The Bertz CT molecular complexity index is 225. The van der Waals surface area contributed by atoms with E-state index in [2.05, 4.69) is 5.16 Å². The fraction of sp³-hybridized carbons (Fsp3) is 0.846. The lowest BCUT2D eigenvalue weighted by atomic mass is 10.5. The minimum absolute atomic E-state index is 0.430. The Balaban J connectivity index is 2.94. The summed E-state index contributed by atoms with van der Waals surface area (Å²) in [4.78, 5) is 14.8. The van der Waals surface area contributed by atoms with Crippen LogP contribution in [0.5, 0.6) is 0 Å². The molecule has 118 valence electrons. The second-order valence-electron chi connectivity index (χ2n) is 3.60.